The average Bonchev–Trinajstić information content (AvgIpc) is 2.41. The molecular weight excluding hydrogens is 321 g/mol. The van der Waals surface area contributed by atoms with Crippen molar-refractivity contribution in [3.05, 3.63) is 34.6 Å². The van der Waals surface area contributed by atoms with Crippen molar-refractivity contribution in [2.45, 2.75) is 12.8 Å². The highest BCUT2D eigenvalue weighted by Gasteiger charge is 2.24. The predicted octanol–water partition coefficient (Wildman–Crippen LogP) is 3.73. The monoisotopic (exact) mass is 333 g/mol. The molecule has 1 unspecified atom stereocenters. The molecule has 5 heteroatoms. The Morgan fingerprint density at radius 2 is 2.33 bits per heavy atom. The van der Waals surface area contributed by atoms with Crippen molar-refractivity contribution in [1.29, 1.82) is 0 Å². The Balaban J connectivity index is 2.12. The molecule has 1 aromatic carbocycles. The summed E-state index contributed by atoms with van der Waals surface area (Å²) in [5, 5.41) is 0.940. The first kappa shape index (κ1) is 13.8. The van der Waals surface area contributed by atoms with E-state index in [1.807, 2.05) is 0 Å². The highest BCUT2D eigenvalue weighted by molar-refractivity contribution is 9.09. The first-order valence-corrected chi connectivity index (χ1v) is 7.42. The molecule has 0 N–H and O–H groups in total. The zero-order chi connectivity index (χ0) is 13.1. The van der Waals surface area contributed by atoms with Crippen molar-refractivity contribution in [3.63, 3.8) is 0 Å². The van der Waals surface area contributed by atoms with Crippen LogP contribution >= 0.6 is 27.5 Å². The van der Waals surface area contributed by atoms with E-state index in [1.54, 1.807) is 11.0 Å². The lowest BCUT2D eigenvalue weighted by Gasteiger charge is -2.32. The lowest BCUT2D eigenvalue weighted by Crippen LogP contribution is -2.40. The van der Waals surface area contributed by atoms with E-state index in [0.29, 0.717) is 11.5 Å². The number of piperidine rings is 1. The van der Waals surface area contributed by atoms with Crippen molar-refractivity contribution in [3.8, 4) is 0 Å². The molecule has 1 aromatic rings. The van der Waals surface area contributed by atoms with Crippen LogP contribution in [0.3, 0.4) is 0 Å². The molecule has 1 heterocycles. The number of halogens is 3. The Morgan fingerprint density at radius 3 is 3.00 bits per heavy atom. The minimum Gasteiger partial charge on any atom is -0.338 e. The number of likely N-dealkylation sites (tertiary alicyclic amines) is 1. The van der Waals surface area contributed by atoms with E-state index in [4.69, 9.17) is 11.6 Å². The maximum atomic E-state index is 13.3. The molecule has 2 nitrogen and oxygen atoms in total. The van der Waals surface area contributed by atoms with Crippen LogP contribution in [0, 0.1) is 11.7 Å². The summed E-state index contributed by atoms with van der Waals surface area (Å²) in [6.45, 7) is 1.47. The highest BCUT2D eigenvalue weighted by atomic mass is 79.9. The predicted molar refractivity (Wildman–Crippen MR) is 73.8 cm³/mol. The van der Waals surface area contributed by atoms with Crippen molar-refractivity contribution in [2.24, 2.45) is 5.92 Å². The zero-order valence-electron chi connectivity index (χ0n) is 9.83. The molecule has 1 aliphatic rings. The number of alkyl halides is 1. The molecule has 0 aromatic heterocycles. The summed E-state index contributed by atoms with van der Waals surface area (Å²) in [6, 6.07) is 4.21. The quantitative estimate of drug-likeness (QED) is 0.755. The van der Waals surface area contributed by atoms with Gasteiger partial charge in [-0.3, -0.25) is 4.79 Å². The summed E-state index contributed by atoms with van der Waals surface area (Å²) in [4.78, 5) is 14.0. The Bertz CT molecular complexity index is 455. The number of carbonyl (C=O) groups is 1. The van der Waals surface area contributed by atoms with Gasteiger partial charge in [0.15, 0.2) is 0 Å². The average molecular weight is 335 g/mol. The number of benzene rings is 1. The van der Waals surface area contributed by atoms with E-state index in [9.17, 15) is 9.18 Å². The first-order chi connectivity index (χ1) is 8.61. The minimum absolute atomic E-state index is 0.0449. The maximum Gasteiger partial charge on any atom is 0.253 e. The fraction of sp³-hybridized carbons (Fsp3) is 0.462. The van der Waals surface area contributed by atoms with Crippen LogP contribution in [0.5, 0.6) is 0 Å². The van der Waals surface area contributed by atoms with Crippen molar-refractivity contribution in [2.75, 3.05) is 18.4 Å². The third-order valence-corrected chi connectivity index (χ3v) is 4.41. The summed E-state index contributed by atoms with van der Waals surface area (Å²) < 4.78 is 13.3. The van der Waals surface area contributed by atoms with Crippen LogP contribution in [0.2, 0.25) is 5.02 Å². The minimum atomic E-state index is -0.545. The van der Waals surface area contributed by atoms with Crippen LogP contribution in [0.1, 0.15) is 23.2 Å². The Hall–Kier alpha value is -0.610. The summed E-state index contributed by atoms with van der Waals surface area (Å²) in [7, 11) is 0. The van der Waals surface area contributed by atoms with Gasteiger partial charge in [0.1, 0.15) is 5.82 Å². The molecule has 98 valence electrons. The van der Waals surface area contributed by atoms with Gasteiger partial charge in [0, 0.05) is 24.0 Å². The van der Waals surface area contributed by atoms with Gasteiger partial charge in [0.05, 0.1) is 5.02 Å². The molecular formula is C13H14BrClFNO. The number of hydrogen-bond donors (Lipinski definition) is 0. The van der Waals surface area contributed by atoms with E-state index >= 15 is 0 Å². The molecule has 1 amide bonds. The number of nitrogens with zero attached hydrogens (tertiary/aromatic N) is 1. The van der Waals surface area contributed by atoms with Gasteiger partial charge in [0.25, 0.3) is 5.91 Å². The smallest absolute Gasteiger partial charge is 0.253 e. The van der Waals surface area contributed by atoms with Gasteiger partial charge in [-0.05, 0) is 37.0 Å². The van der Waals surface area contributed by atoms with Crippen LogP contribution < -0.4 is 0 Å². The lowest BCUT2D eigenvalue weighted by atomic mass is 9.99. The fourth-order valence-electron chi connectivity index (χ4n) is 2.19. The summed E-state index contributed by atoms with van der Waals surface area (Å²) in [5.74, 6) is -0.173. The second-order valence-corrected chi connectivity index (χ2v) is 5.60. The van der Waals surface area contributed by atoms with E-state index in [2.05, 4.69) is 15.9 Å². The van der Waals surface area contributed by atoms with Gasteiger partial charge >= 0.3 is 0 Å². The van der Waals surface area contributed by atoms with Gasteiger partial charge in [-0.1, -0.05) is 27.5 Å². The largest absolute Gasteiger partial charge is 0.338 e. The molecule has 0 bridgehead atoms. The Kier molecular flexibility index (Phi) is 4.62. The van der Waals surface area contributed by atoms with Gasteiger partial charge in [-0.2, -0.15) is 0 Å². The molecule has 1 aliphatic heterocycles. The second kappa shape index (κ2) is 6.02. The summed E-state index contributed by atoms with van der Waals surface area (Å²) in [6.07, 6.45) is 2.13. The molecule has 1 saturated heterocycles. The van der Waals surface area contributed by atoms with Crippen LogP contribution in [-0.4, -0.2) is 29.2 Å². The maximum absolute atomic E-state index is 13.3. The first-order valence-electron chi connectivity index (χ1n) is 5.92. The van der Waals surface area contributed by atoms with Crippen LogP contribution in [0.15, 0.2) is 18.2 Å². The Labute approximate surface area is 119 Å². The number of hydrogen-bond acceptors (Lipinski definition) is 1. The number of rotatable bonds is 2. The van der Waals surface area contributed by atoms with Crippen LogP contribution in [-0.2, 0) is 0 Å². The third kappa shape index (κ3) is 3.04. The SMILES string of the molecule is O=C(c1ccc(Cl)c(F)c1)N1CCCC(CBr)C1. The van der Waals surface area contributed by atoms with E-state index in [1.165, 1.54) is 12.1 Å². The normalized spacial score (nSPS) is 19.9. The summed E-state index contributed by atoms with van der Waals surface area (Å²) >= 11 is 9.06. The van der Waals surface area contributed by atoms with Gasteiger partial charge in [-0.15, -0.1) is 0 Å². The molecule has 0 spiro atoms. The molecule has 2 rings (SSSR count). The molecule has 0 radical (unpaired) electrons. The lowest BCUT2D eigenvalue weighted by molar-refractivity contribution is 0.0685. The number of amides is 1. The van der Waals surface area contributed by atoms with Crippen molar-refractivity contribution in [1.82, 2.24) is 4.90 Å². The fourth-order valence-corrected chi connectivity index (χ4v) is 2.83. The third-order valence-electron chi connectivity index (χ3n) is 3.19. The van der Waals surface area contributed by atoms with Crippen molar-refractivity contribution >= 4 is 33.4 Å². The van der Waals surface area contributed by atoms with E-state index < -0.39 is 5.82 Å². The van der Waals surface area contributed by atoms with Gasteiger partial charge < -0.3 is 4.90 Å². The molecule has 1 atom stereocenters. The van der Waals surface area contributed by atoms with E-state index in [0.717, 1.165) is 31.3 Å². The van der Waals surface area contributed by atoms with Crippen molar-refractivity contribution < 1.29 is 9.18 Å². The topological polar surface area (TPSA) is 20.3 Å². The van der Waals surface area contributed by atoms with Gasteiger partial charge in [-0.25, -0.2) is 4.39 Å². The molecule has 0 saturated carbocycles. The molecule has 1 fully saturated rings. The van der Waals surface area contributed by atoms with E-state index in [-0.39, 0.29) is 10.9 Å². The highest BCUT2D eigenvalue weighted by Crippen LogP contribution is 2.22. The van der Waals surface area contributed by atoms with Gasteiger partial charge in [0.2, 0.25) is 0 Å². The zero-order valence-corrected chi connectivity index (χ0v) is 12.2. The summed E-state index contributed by atoms with van der Waals surface area (Å²) in [5.41, 5.74) is 0.368. The number of carbonyl (C=O) groups excluding carboxylic acids is 1. The van der Waals surface area contributed by atoms with Crippen LogP contribution in [0.25, 0.3) is 0 Å². The molecule has 0 aliphatic carbocycles. The second-order valence-electron chi connectivity index (χ2n) is 4.54. The standard InChI is InChI=1S/C13H14BrClFNO/c14-7-9-2-1-5-17(8-9)13(18)10-3-4-11(15)12(16)6-10/h3-4,6,9H,1-2,5,7-8H2. The molecule has 18 heavy (non-hydrogen) atoms. The van der Waals surface area contributed by atoms with Crippen LogP contribution in [0.4, 0.5) is 4.39 Å². The Morgan fingerprint density at radius 1 is 1.56 bits per heavy atom.